The van der Waals surface area contributed by atoms with Gasteiger partial charge in [0, 0.05) is 19.6 Å². The largest absolute Gasteiger partial charge is 0.362 e. The van der Waals surface area contributed by atoms with Crippen molar-refractivity contribution in [3.63, 3.8) is 0 Å². The Morgan fingerprint density at radius 3 is 2.50 bits per heavy atom. The maximum atomic E-state index is 5.41. The third kappa shape index (κ3) is 4.69. The van der Waals surface area contributed by atoms with Crippen molar-refractivity contribution < 1.29 is 0 Å². The highest BCUT2D eigenvalue weighted by molar-refractivity contribution is 7.80. The number of piperidine rings is 1. The molecular weight excluding hydrogens is 216 g/mol. The number of nitrogens with one attached hydrogen (secondary N) is 1. The fourth-order valence-corrected chi connectivity index (χ4v) is 2.50. The number of thiocarbonyl (C=S) groups is 1. The first-order chi connectivity index (χ1) is 7.63. The minimum absolute atomic E-state index is 0.663. The van der Waals surface area contributed by atoms with Gasteiger partial charge < -0.3 is 10.2 Å². The second-order valence-electron chi connectivity index (χ2n) is 5.30. The van der Waals surface area contributed by atoms with Gasteiger partial charge in [-0.15, -0.1) is 0 Å². The fraction of sp³-hybridized carbons (Fsp3) is 0.923. The quantitative estimate of drug-likeness (QED) is 0.763. The Kier molecular flexibility index (Phi) is 6.10. The summed E-state index contributed by atoms with van der Waals surface area (Å²) in [5.74, 6) is 1.60. The van der Waals surface area contributed by atoms with Crippen LogP contribution in [0.2, 0.25) is 0 Å². The molecule has 0 unspecified atom stereocenters. The highest BCUT2D eigenvalue weighted by atomic mass is 32.1. The monoisotopic (exact) mass is 242 g/mol. The summed E-state index contributed by atoms with van der Waals surface area (Å²) in [6, 6.07) is 0. The Hall–Kier alpha value is -0.310. The van der Waals surface area contributed by atoms with Gasteiger partial charge in [-0.1, -0.05) is 33.6 Å². The van der Waals surface area contributed by atoms with E-state index in [1.54, 1.807) is 0 Å². The van der Waals surface area contributed by atoms with E-state index < -0.39 is 0 Å². The van der Waals surface area contributed by atoms with Crippen molar-refractivity contribution in [1.29, 1.82) is 0 Å². The molecule has 0 radical (unpaired) electrons. The van der Waals surface area contributed by atoms with Gasteiger partial charge >= 0.3 is 0 Å². The molecule has 0 atom stereocenters. The van der Waals surface area contributed by atoms with Crippen LogP contribution in [-0.4, -0.2) is 29.6 Å². The van der Waals surface area contributed by atoms with Crippen molar-refractivity contribution in [2.24, 2.45) is 11.8 Å². The van der Waals surface area contributed by atoms with Gasteiger partial charge in [-0.2, -0.15) is 0 Å². The Morgan fingerprint density at radius 1 is 1.38 bits per heavy atom. The zero-order chi connectivity index (χ0) is 12.0. The van der Waals surface area contributed by atoms with Crippen molar-refractivity contribution in [3.8, 4) is 0 Å². The predicted octanol–water partition coefficient (Wildman–Crippen LogP) is 3.03. The molecule has 1 aliphatic heterocycles. The zero-order valence-corrected chi connectivity index (χ0v) is 11.8. The molecule has 0 saturated carbocycles. The molecule has 0 aromatic carbocycles. The summed E-state index contributed by atoms with van der Waals surface area (Å²) in [4.78, 5) is 2.34. The SMILES string of the molecule is CCCC1CCN(C(=S)NCC(C)C)CC1. The third-order valence-electron chi connectivity index (χ3n) is 3.26. The Morgan fingerprint density at radius 2 is 2.00 bits per heavy atom. The first kappa shape index (κ1) is 13.8. The predicted molar refractivity (Wildman–Crippen MR) is 74.6 cm³/mol. The summed E-state index contributed by atoms with van der Waals surface area (Å²) in [7, 11) is 0. The number of hydrogen-bond donors (Lipinski definition) is 1. The first-order valence-electron chi connectivity index (χ1n) is 6.66. The second-order valence-corrected chi connectivity index (χ2v) is 5.69. The molecule has 0 aliphatic carbocycles. The molecule has 1 saturated heterocycles. The third-order valence-corrected chi connectivity index (χ3v) is 3.66. The number of rotatable bonds is 4. The van der Waals surface area contributed by atoms with Gasteiger partial charge in [0.05, 0.1) is 0 Å². The molecule has 2 nitrogen and oxygen atoms in total. The molecule has 1 fully saturated rings. The van der Waals surface area contributed by atoms with E-state index in [1.165, 1.54) is 25.7 Å². The van der Waals surface area contributed by atoms with Crippen LogP contribution >= 0.6 is 12.2 Å². The lowest BCUT2D eigenvalue weighted by Crippen LogP contribution is -2.45. The van der Waals surface area contributed by atoms with Crippen molar-refractivity contribution in [2.75, 3.05) is 19.6 Å². The van der Waals surface area contributed by atoms with Crippen LogP contribution in [0, 0.1) is 11.8 Å². The average Bonchev–Trinajstić information content (AvgIpc) is 2.27. The molecule has 94 valence electrons. The molecule has 1 heterocycles. The van der Waals surface area contributed by atoms with Gasteiger partial charge in [0.1, 0.15) is 0 Å². The summed E-state index contributed by atoms with van der Waals surface area (Å²) in [6.45, 7) is 9.99. The minimum atomic E-state index is 0.663. The molecule has 0 aromatic rings. The normalized spacial score (nSPS) is 17.9. The van der Waals surface area contributed by atoms with Gasteiger partial charge in [-0.05, 0) is 36.9 Å². The zero-order valence-electron chi connectivity index (χ0n) is 11.0. The molecule has 3 heteroatoms. The van der Waals surface area contributed by atoms with Crippen molar-refractivity contribution >= 4 is 17.3 Å². The summed E-state index contributed by atoms with van der Waals surface area (Å²) >= 11 is 5.41. The molecule has 0 aromatic heterocycles. The standard InChI is InChI=1S/C13H26N2S/c1-4-5-12-6-8-15(9-7-12)13(16)14-10-11(2)3/h11-12H,4-10H2,1-3H3,(H,14,16). The molecule has 1 rings (SSSR count). The highest BCUT2D eigenvalue weighted by Crippen LogP contribution is 2.21. The van der Waals surface area contributed by atoms with E-state index in [0.29, 0.717) is 5.92 Å². The minimum Gasteiger partial charge on any atom is -0.362 e. The molecule has 1 aliphatic rings. The summed E-state index contributed by atoms with van der Waals surface area (Å²) in [6.07, 6.45) is 5.34. The van der Waals surface area contributed by atoms with Crippen LogP contribution in [0.1, 0.15) is 46.5 Å². The van der Waals surface area contributed by atoms with Crippen LogP contribution in [0.3, 0.4) is 0 Å². The highest BCUT2D eigenvalue weighted by Gasteiger charge is 2.19. The lowest BCUT2D eigenvalue weighted by atomic mass is 9.93. The van der Waals surface area contributed by atoms with E-state index in [4.69, 9.17) is 12.2 Å². The van der Waals surface area contributed by atoms with Crippen molar-refractivity contribution in [2.45, 2.75) is 46.5 Å². The van der Waals surface area contributed by atoms with Crippen LogP contribution < -0.4 is 5.32 Å². The fourth-order valence-electron chi connectivity index (χ4n) is 2.24. The summed E-state index contributed by atoms with van der Waals surface area (Å²) in [5, 5.41) is 4.32. The smallest absolute Gasteiger partial charge is 0.168 e. The van der Waals surface area contributed by atoms with Crippen molar-refractivity contribution in [1.82, 2.24) is 10.2 Å². The van der Waals surface area contributed by atoms with E-state index in [2.05, 4.69) is 31.0 Å². The van der Waals surface area contributed by atoms with E-state index in [9.17, 15) is 0 Å². The Balaban J connectivity index is 2.22. The van der Waals surface area contributed by atoms with Crippen molar-refractivity contribution in [3.05, 3.63) is 0 Å². The van der Waals surface area contributed by atoms with E-state index >= 15 is 0 Å². The van der Waals surface area contributed by atoms with Gasteiger partial charge in [0.25, 0.3) is 0 Å². The van der Waals surface area contributed by atoms with Crippen LogP contribution in [0.5, 0.6) is 0 Å². The molecule has 0 spiro atoms. The maximum Gasteiger partial charge on any atom is 0.168 e. The summed E-state index contributed by atoms with van der Waals surface area (Å²) < 4.78 is 0. The molecule has 1 N–H and O–H groups in total. The van der Waals surface area contributed by atoms with E-state index in [1.807, 2.05) is 0 Å². The number of hydrogen-bond acceptors (Lipinski definition) is 1. The molecule has 0 bridgehead atoms. The van der Waals surface area contributed by atoms with Crippen LogP contribution in [0.15, 0.2) is 0 Å². The molecular formula is C13H26N2S. The first-order valence-corrected chi connectivity index (χ1v) is 7.07. The summed E-state index contributed by atoms with van der Waals surface area (Å²) in [5.41, 5.74) is 0. The van der Waals surface area contributed by atoms with Crippen LogP contribution in [0.4, 0.5) is 0 Å². The average molecular weight is 242 g/mol. The van der Waals surface area contributed by atoms with Crippen LogP contribution in [-0.2, 0) is 0 Å². The molecule has 16 heavy (non-hydrogen) atoms. The lowest BCUT2D eigenvalue weighted by molar-refractivity contribution is 0.252. The van der Waals surface area contributed by atoms with Gasteiger partial charge in [0.2, 0.25) is 0 Å². The molecule has 0 amide bonds. The van der Waals surface area contributed by atoms with E-state index in [-0.39, 0.29) is 0 Å². The van der Waals surface area contributed by atoms with Crippen LogP contribution in [0.25, 0.3) is 0 Å². The maximum absolute atomic E-state index is 5.41. The van der Waals surface area contributed by atoms with Gasteiger partial charge in [0.15, 0.2) is 5.11 Å². The van der Waals surface area contributed by atoms with Gasteiger partial charge in [-0.25, -0.2) is 0 Å². The lowest BCUT2D eigenvalue weighted by Gasteiger charge is -2.34. The Labute approximate surface area is 106 Å². The Bertz CT molecular complexity index is 208. The number of likely N-dealkylation sites (tertiary alicyclic amines) is 1. The number of nitrogens with zero attached hydrogens (tertiary/aromatic N) is 1. The topological polar surface area (TPSA) is 15.3 Å². The van der Waals surface area contributed by atoms with E-state index in [0.717, 1.165) is 30.7 Å². The second kappa shape index (κ2) is 7.10. The van der Waals surface area contributed by atoms with Gasteiger partial charge in [-0.3, -0.25) is 0 Å².